The van der Waals surface area contributed by atoms with Crippen LogP contribution in [0.1, 0.15) is 18.3 Å². The van der Waals surface area contributed by atoms with Crippen molar-refractivity contribution in [3.8, 4) is 0 Å². The summed E-state index contributed by atoms with van der Waals surface area (Å²) in [6, 6.07) is 7.21. The topological polar surface area (TPSA) is 126 Å². The third-order valence-corrected chi connectivity index (χ3v) is 6.72. The number of hydrogen-bond acceptors (Lipinski definition) is 10. The maximum atomic E-state index is 12.8. The van der Waals surface area contributed by atoms with Crippen LogP contribution in [0.4, 0.5) is 17.3 Å². The molecule has 0 atom stereocenters. The summed E-state index contributed by atoms with van der Waals surface area (Å²) in [6.45, 7) is 13.0. The minimum absolute atomic E-state index is 0.210. The summed E-state index contributed by atoms with van der Waals surface area (Å²) >= 11 is 7.31. The zero-order valence-corrected chi connectivity index (χ0v) is 22.8. The summed E-state index contributed by atoms with van der Waals surface area (Å²) in [6.07, 6.45) is 1.23. The molecule has 1 aliphatic rings. The monoisotopic (exact) mass is 545 g/mol. The second-order valence-electron chi connectivity index (χ2n) is 8.29. The van der Waals surface area contributed by atoms with Crippen LogP contribution >= 0.6 is 23.4 Å². The standard InChI is InChI=1S/C25H32ClN7O3S/c1-5-36-23(34)15-32-9-11-33(12-10-32)22-13-21(28-17(3)29-22)30-18(4)37-20(14-27)25(35)31-24-16(2)7-6-8-19(24)26/h6-8,13-14H,4-5,9-12,15,27H2,1-3H3,(H,31,35)(H,28,29,30)/b20-14-. The number of piperazine rings is 1. The fourth-order valence-corrected chi connectivity index (χ4v) is 4.63. The number of ether oxygens (including phenoxy) is 1. The Morgan fingerprint density at radius 3 is 2.59 bits per heavy atom. The highest BCUT2D eigenvalue weighted by molar-refractivity contribution is 8.07. The molecule has 3 rings (SSSR count). The Morgan fingerprint density at radius 2 is 1.95 bits per heavy atom. The molecule has 0 unspecified atom stereocenters. The molecule has 1 aromatic heterocycles. The van der Waals surface area contributed by atoms with E-state index in [0.29, 0.717) is 47.1 Å². The van der Waals surface area contributed by atoms with E-state index in [4.69, 9.17) is 22.1 Å². The van der Waals surface area contributed by atoms with Gasteiger partial charge in [-0.05, 0) is 32.4 Å². The van der Waals surface area contributed by atoms with Crippen molar-refractivity contribution >= 4 is 52.6 Å². The molecule has 4 N–H and O–H groups in total. The lowest BCUT2D eigenvalue weighted by molar-refractivity contribution is -0.144. The Balaban J connectivity index is 1.59. The van der Waals surface area contributed by atoms with Crippen molar-refractivity contribution in [2.75, 3.05) is 54.9 Å². The van der Waals surface area contributed by atoms with Crippen molar-refractivity contribution in [3.63, 3.8) is 0 Å². The van der Waals surface area contributed by atoms with Gasteiger partial charge in [-0.25, -0.2) is 9.97 Å². The van der Waals surface area contributed by atoms with E-state index < -0.39 is 5.91 Å². The van der Waals surface area contributed by atoms with Gasteiger partial charge in [0.25, 0.3) is 5.91 Å². The van der Waals surface area contributed by atoms with Gasteiger partial charge < -0.3 is 26.0 Å². The number of aryl methyl sites for hydroxylation is 2. The van der Waals surface area contributed by atoms with E-state index in [1.807, 2.05) is 32.0 Å². The highest BCUT2D eigenvalue weighted by atomic mass is 35.5. The Labute approximate surface area is 226 Å². The lowest BCUT2D eigenvalue weighted by Crippen LogP contribution is -2.48. The summed E-state index contributed by atoms with van der Waals surface area (Å²) in [5.41, 5.74) is 7.11. The first-order valence-corrected chi connectivity index (χ1v) is 13.0. The van der Waals surface area contributed by atoms with Crippen molar-refractivity contribution in [3.05, 3.63) is 63.4 Å². The van der Waals surface area contributed by atoms with E-state index in [0.717, 1.165) is 36.2 Å². The number of nitrogens with zero attached hydrogens (tertiary/aromatic N) is 4. The molecule has 37 heavy (non-hydrogen) atoms. The van der Waals surface area contributed by atoms with Gasteiger partial charge in [-0.1, -0.05) is 42.1 Å². The lowest BCUT2D eigenvalue weighted by Gasteiger charge is -2.35. The first kappa shape index (κ1) is 28.3. The van der Waals surface area contributed by atoms with Crippen LogP contribution in [-0.2, 0) is 14.3 Å². The molecule has 0 bridgehead atoms. The normalized spacial score (nSPS) is 14.3. The number of nitrogens with one attached hydrogen (secondary N) is 2. The molecule has 198 valence electrons. The molecule has 0 spiro atoms. The van der Waals surface area contributed by atoms with E-state index in [1.54, 1.807) is 13.0 Å². The number of esters is 1. The first-order valence-electron chi connectivity index (χ1n) is 11.8. The van der Waals surface area contributed by atoms with Crippen LogP contribution in [0, 0.1) is 13.8 Å². The predicted molar refractivity (Wildman–Crippen MR) is 149 cm³/mol. The van der Waals surface area contributed by atoms with E-state index in [1.165, 1.54) is 6.20 Å². The second-order valence-corrected chi connectivity index (χ2v) is 9.84. The molecule has 1 saturated heterocycles. The summed E-state index contributed by atoms with van der Waals surface area (Å²) in [5.74, 6) is 1.30. The van der Waals surface area contributed by atoms with Gasteiger partial charge in [0.2, 0.25) is 0 Å². The highest BCUT2D eigenvalue weighted by Gasteiger charge is 2.21. The van der Waals surface area contributed by atoms with Crippen LogP contribution in [0.3, 0.4) is 0 Å². The SMILES string of the molecule is C=C(Nc1cc(N2CCN(CC(=O)OCC)CC2)nc(C)n1)S/C(=C\N)C(=O)Nc1c(C)cccc1Cl. The minimum atomic E-state index is -0.396. The molecule has 2 heterocycles. The Kier molecular flexibility index (Phi) is 10.2. The number of anilines is 3. The Bertz CT molecular complexity index is 1160. The molecule has 0 radical (unpaired) electrons. The maximum absolute atomic E-state index is 12.8. The maximum Gasteiger partial charge on any atom is 0.320 e. The van der Waals surface area contributed by atoms with E-state index in [2.05, 4.69) is 37.0 Å². The number of carbonyl (C=O) groups is 2. The van der Waals surface area contributed by atoms with E-state index in [9.17, 15) is 9.59 Å². The molecule has 1 fully saturated rings. The molecule has 10 nitrogen and oxygen atoms in total. The molecule has 12 heteroatoms. The van der Waals surface area contributed by atoms with Crippen molar-refractivity contribution < 1.29 is 14.3 Å². The average molecular weight is 546 g/mol. The van der Waals surface area contributed by atoms with Gasteiger partial charge in [0.15, 0.2) is 0 Å². The lowest BCUT2D eigenvalue weighted by atomic mass is 10.2. The van der Waals surface area contributed by atoms with E-state index in [-0.39, 0.29) is 17.4 Å². The first-order chi connectivity index (χ1) is 17.7. The van der Waals surface area contributed by atoms with E-state index >= 15 is 0 Å². The number of hydrogen-bond donors (Lipinski definition) is 3. The van der Waals surface area contributed by atoms with Crippen molar-refractivity contribution in [2.45, 2.75) is 20.8 Å². The largest absolute Gasteiger partial charge is 0.465 e. The van der Waals surface area contributed by atoms with Gasteiger partial charge >= 0.3 is 5.97 Å². The molecule has 0 aliphatic carbocycles. The van der Waals surface area contributed by atoms with Gasteiger partial charge in [0, 0.05) is 38.4 Å². The summed E-state index contributed by atoms with van der Waals surface area (Å²) < 4.78 is 5.04. The smallest absolute Gasteiger partial charge is 0.320 e. The fourth-order valence-electron chi connectivity index (χ4n) is 3.72. The molecular formula is C25H32ClN7O3S. The third kappa shape index (κ3) is 8.11. The molecule has 0 saturated carbocycles. The van der Waals surface area contributed by atoms with Gasteiger partial charge in [0.05, 0.1) is 33.8 Å². The van der Waals surface area contributed by atoms with Crippen LogP contribution < -0.4 is 21.3 Å². The molecule has 1 aliphatic heterocycles. The fraction of sp³-hybridized carbons (Fsp3) is 0.360. The zero-order chi connectivity index (χ0) is 26.9. The number of carbonyl (C=O) groups excluding carboxylic acids is 2. The number of thioether (sulfide) groups is 1. The van der Waals surface area contributed by atoms with Crippen LogP contribution in [0.25, 0.3) is 0 Å². The molecular weight excluding hydrogens is 514 g/mol. The Hall–Kier alpha value is -3.28. The van der Waals surface area contributed by atoms with Gasteiger partial charge in [-0.15, -0.1) is 0 Å². The summed E-state index contributed by atoms with van der Waals surface area (Å²) in [4.78, 5) is 38.0. The number of halogens is 1. The number of amides is 1. The number of aromatic nitrogens is 2. The second kappa shape index (κ2) is 13.3. The van der Waals surface area contributed by atoms with Gasteiger partial charge in [0.1, 0.15) is 17.5 Å². The third-order valence-electron chi connectivity index (χ3n) is 5.52. The molecule has 2 aromatic rings. The average Bonchev–Trinajstić information content (AvgIpc) is 2.85. The van der Waals surface area contributed by atoms with Crippen LogP contribution in [-0.4, -0.2) is 66.1 Å². The minimum Gasteiger partial charge on any atom is -0.465 e. The number of benzene rings is 1. The van der Waals surface area contributed by atoms with Crippen molar-refractivity contribution in [1.29, 1.82) is 0 Å². The Morgan fingerprint density at radius 1 is 1.22 bits per heavy atom. The van der Waals surface area contributed by atoms with Crippen molar-refractivity contribution in [2.24, 2.45) is 5.73 Å². The quantitative estimate of drug-likeness (QED) is 0.301. The summed E-state index contributed by atoms with van der Waals surface area (Å²) in [5, 5.41) is 6.85. The van der Waals surface area contributed by atoms with Crippen LogP contribution in [0.2, 0.25) is 5.02 Å². The predicted octanol–water partition coefficient (Wildman–Crippen LogP) is 3.49. The number of nitrogens with two attached hydrogens (primary N) is 1. The summed E-state index contributed by atoms with van der Waals surface area (Å²) in [7, 11) is 0. The van der Waals surface area contributed by atoms with Crippen LogP contribution in [0.15, 0.2) is 47.0 Å². The van der Waals surface area contributed by atoms with Crippen LogP contribution in [0.5, 0.6) is 0 Å². The van der Waals surface area contributed by atoms with Gasteiger partial charge in [-0.3, -0.25) is 14.5 Å². The number of rotatable bonds is 10. The number of para-hydroxylation sites is 1. The molecule has 1 aromatic carbocycles. The zero-order valence-electron chi connectivity index (χ0n) is 21.2. The van der Waals surface area contributed by atoms with Gasteiger partial charge in [-0.2, -0.15) is 0 Å². The highest BCUT2D eigenvalue weighted by Crippen LogP contribution is 2.30. The molecule has 1 amide bonds. The van der Waals surface area contributed by atoms with Crippen molar-refractivity contribution in [1.82, 2.24) is 14.9 Å².